The maximum Gasteiger partial charge on any atom is 0.274 e. The van der Waals surface area contributed by atoms with Gasteiger partial charge in [0.1, 0.15) is 5.69 Å². The largest absolute Gasteiger partial charge is 0.493 e. The quantitative estimate of drug-likeness (QED) is 0.749. The molecule has 6 heteroatoms. The van der Waals surface area contributed by atoms with Gasteiger partial charge in [0.25, 0.3) is 5.91 Å². The third-order valence-corrected chi connectivity index (χ3v) is 3.75. The summed E-state index contributed by atoms with van der Waals surface area (Å²) in [5, 5.41) is 2.82. The average Bonchev–Trinajstić information content (AvgIpc) is 2.90. The molecule has 2 heterocycles. The molecule has 1 amide bonds. The number of imidazole rings is 1. The van der Waals surface area contributed by atoms with Crippen molar-refractivity contribution in [1.82, 2.24) is 9.38 Å². The minimum Gasteiger partial charge on any atom is -0.493 e. The van der Waals surface area contributed by atoms with Gasteiger partial charge in [0.2, 0.25) is 0 Å². The number of carbonyl (C=O) groups excluding carboxylic acids is 2. The third-order valence-electron chi connectivity index (χ3n) is 3.75. The number of anilines is 1. The number of Topliss-reactive ketones (excluding diaryl/α,β-unsaturated/α-hetero) is 1. The Labute approximate surface area is 139 Å². The number of hydrogen-bond donors (Lipinski definition) is 1. The lowest BCUT2D eigenvalue weighted by Crippen LogP contribution is -2.16. The van der Waals surface area contributed by atoms with Gasteiger partial charge in [-0.3, -0.25) is 14.0 Å². The topological polar surface area (TPSA) is 72.7 Å². The number of hydrogen-bond acceptors (Lipinski definition) is 4. The van der Waals surface area contributed by atoms with E-state index >= 15 is 0 Å². The van der Waals surface area contributed by atoms with Gasteiger partial charge in [0, 0.05) is 17.4 Å². The first-order valence-corrected chi connectivity index (χ1v) is 7.45. The fourth-order valence-electron chi connectivity index (χ4n) is 2.60. The molecule has 0 radical (unpaired) electrons. The third kappa shape index (κ3) is 2.74. The predicted octanol–water partition coefficient (Wildman–Crippen LogP) is 3.11. The van der Waals surface area contributed by atoms with Gasteiger partial charge < -0.3 is 10.1 Å². The van der Waals surface area contributed by atoms with Gasteiger partial charge in [-0.25, -0.2) is 4.98 Å². The number of ketones is 1. The molecular formula is C18H17N3O3. The molecule has 1 N–H and O–H groups in total. The Hall–Kier alpha value is -3.15. The molecule has 2 aromatic heterocycles. The van der Waals surface area contributed by atoms with Gasteiger partial charge in [0.05, 0.1) is 12.8 Å². The van der Waals surface area contributed by atoms with E-state index < -0.39 is 0 Å². The maximum absolute atomic E-state index is 12.7. The lowest BCUT2D eigenvalue weighted by Gasteiger charge is -2.08. The Bertz CT molecular complexity index is 944. The lowest BCUT2D eigenvalue weighted by atomic mass is 10.1. The molecule has 0 atom stereocenters. The summed E-state index contributed by atoms with van der Waals surface area (Å²) in [7, 11) is 1.56. The predicted molar refractivity (Wildman–Crippen MR) is 90.9 cm³/mol. The van der Waals surface area contributed by atoms with Crippen LogP contribution in [0.5, 0.6) is 5.75 Å². The maximum atomic E-state index is 12.7. The van der Waals surface area contributed by atoms with Crippen LogP contribution < -0.4 is 10.1 Å². The minimum atomic E-state index is -0.297. The first-order valence-electron chi connectivity index (χ1n) is 7.45. The molecule has 1 aromatic carbocycles. The zero-order chi connectivity index (χ0) is 17.3. The molecule has 3 rings (SSSR count). The van der Waals surface area contributed by atoms with Crippen molar-refractivity contribution in [2.45, 2.75) is 13.8 Å². The monoisotopic (exact) mass is 323 g/mol. The highest BCUT2D eigenvalue weighted by Gasteiger charge is 2.18. The average molecular weight is 323 g/mol. The highest BCUT2D eigenvalue weighted by Crippen LogP contribution is 2.22. The normalized spacial score (nSPS) is 10.6. The highest BCUT2D eigenvalue weighted by atomic mass is 16.5. The van der Waals surface area contributed by atoms with Gasteiger partial charge in [-0.05, 0) is 38.1 Å². The smallest absolute Gasteiger partial charge is 0.274 e. The van der Waals surface area contributed by atoms with E-state index in [0.29, 0.717) is 34.0 Å². The van der Waals surface area contributed by atoms with Crippen LogP contribution >= 0.6 is 0 Å². The van der Waals surface area contributed by atoms with E-state index in [0.717, 1.165) is 0 Å². The molecule has 0 aliphatic heterocycles. The summed E-state index contributed by atoms with van der Waals surface area (Å²) in [5.74, 6) is 0.244. The second kappa shape index (κ2) is 6.16. The van der Waals surface area contributed by atoms with Crippen LogP contribution in [0.2, 0.25) is 0 Å². The Morgan fingerprint density at radius 1 is 1.21 bits per heavy atom. The molecule has 0 aliphatic carbocycles. The minimum absolute atomic E-state index is 0.0539. The van der Waals surface area contributed by atoms with Crippen LogP contribution in [-0.4, -0.2) is 28.2 Å². The van der Waals surface area contributed by atoms with Crippen molar-refractivity contribution in [3.8, 4) is 5.75 Å². The van der Waals surface area contributed by atoms with Gasteiger partial charge in [0.15, 0.2) is 17.2 Å². The van der Waals surface area contributed by atoms with Gasteiger partial charge >= 0.3 is 0 Å². The molecule has 0 fully saturated rings. The number of fused-ring (bicyclic) bond motifs is 1. The summed E-state index contributed by atoms with van der Waals surface area (Å²) >= 11 is 0. The first kappa shape index (κ1) is 15.7. The van der Waals surface area contributed by atoms with E-state index in [-0.39, 0.29) is 11.7 Å². The second-order valence-electron chi connectivity index (χ2n) is 5.41. The number of ether oxygens (including phenoxy) is 1. The van der Waals surface area contributed by atoms with Crippen molar-refractivity contribution in [3.05, 3.63) is 59.5 Å². The second-order valence-corrected chi connectivity index (χ2v) is 5.41. The van der Waals surface area contributed by atoms with E-state index in [1.807, 2.05) is 0 Å². The van der Waals surface area contributed by atoms with Crippen molar-refractivity contribution in [1.29, 1.82) is 0 Å². The molecule has 0 saturated carbocycles. The zero-order valence-electron chi connectivity index (χ0n) is 13.7. The molecule has 122 valence electrons. The molecule has 6 nitrogen and oxygen atoms in total. The number of aryl methyl sites for hydroxylation is 1. The summed E-state index contributed by atoms with van der Waals surface area (Å²) in [4.78, 5) is 28.6. The summed E-state index contributed by atoms with van der Waals surface area (Å²) < 4.78 is 6.98. The molecular weight excluding hydrogens is 306 g/mol. The van der Waals surface area contributed by atoms with Crippen LogP contribution in [0.4, 0.5) is 5.69 Å². The van der Waals surface area contributed by atoms with E-state index in [1.54, 1.807) is 61.0 Å². The van der Waals surface area contributed by atoms with E-state index in [1.165, 1.54) is 6.92 Å². The lowest BCUT2D eigenvalue weighted by molar-refractivity contribution is 0.100. The Morgan fingerprint density at radius 3 is 2.71 bits per heavy atom. The van der Waals surface area contributed by atoms with Crippen LogP contribution in [0, 0.1) is 6.92 Å². The molecule has 0 aliphatic rings. The SMILES string of the molecule is COc1cccn2c(C(=O)Nc3cccc(C(C)=O)c3)c(C)nc12. The molecule has 0 spiro atoms. The highest BCUT2D eigenvalue weighted by molar-refractivity contribution is 6.05. The Balaban J connectivity index is 1.99. The van der Waals surface area contributed by atoms with Gasteiger partial charge in [-0.1, -0.05) is 12.1 Å². The zero-order valence-corrected chi connectivity index (χ0v) is 13.7. The summed E-state index contributed by atoms with van der Waals surface area (Å²) in [6, 6.07) is 10.4. The number of methoxy groups -OCH3 is 1. The van der Waals surface area contributed by atoms with Crippen LogP contribution in [0.15, 0.2) is 42.6 Å². The van der Waals surface area contributed by atoms with Crippen molar-refractivity contribution < 1.29 is 14.3 Å². The number of aromatic nitrogens is 2. The van der Waals surface area contributed by atoms with Crippen LogP contribution in [0.25, 0.3) is 5.65 Å². The Morgan fingerprint density at radius 2 is 2.00 bits per heavy atom. The van der Waals surface area contributed by atoms with Crippen molar-refractivity contribution in [2.24, 2.45) is 0 Å². The molecule has 0 unspecified atom stereocenters. The number of benzene rings is 1. The fraction of sp³-hybridized carbons (Fsp3) is 0.167. The molecule has 0 bridgehead atoms. The molecule has 0 saturated heterocycles. The van der Waals surface area contributed by atoms with Gasteiger partial charge in [-0.15, -0.1) is 0 Å². The number of pyridine rings is 1. The van der Waals surface area contributed by atoms with Crippen LogP contribution in [0.3, 0.4) is 0 Å². The van der Waals surface area contributed by atoms with Gasteiger partial charge in [-0.2, -0.15) is 0 Å². The van der Waals surface area contributed by atoms with E-state index in [9.17, 15) is 9.59 Å². The van der Waals surface area contributed by atoms with E-state index in [4.69, 9.17) is 4.74 Å². The standard InChI is InChI=1S/C18H17N3O3/c1-11-16(21-9-5-8-15(24-3)17(21)19-11)18(23)20-14-7-4-6-13(10-14)12(2)22/h4-10H,1-3H3,(H,20,23). The molecule has 24 heavy (non-hydrogen) atoms. The number of nitrogens with one attached hydrogen (secondary N) is 1. The molecule has 3 aromatic rings. The first-order chi connectivity index (χ1) is 11.5. The summed E-state index contributed by atoms with van der Waals surface area (Å²) in [6.07, 6.45) is 1.76. The van der Waals surface area contributed by atoms with Crippen LogP contribution in [0.1, 0.15) is 33.5 Å². The number of carbonyl (C=O) groups is 2. The summed E-state index contributed by atoms with van der Waals surface area (Å²) in [5.41, 5.74) is 2.71. The van der Waals surface area contributed by atoms with Crippen molar-refractivity contribution in [2.75, 3.05) is 12.4 Å². The number of rotatable bonds is 4. The Kier molecular flexibility index (Phi) is 4.04. The van der Waals surface area contributed by atoms with Crippen LogP contribution in [-0.2, 0) is 0 Å². The van der Waals surface area contributed by atoms with Crippen molar-refractivity contribution in [3.63, 3.8) is 0 Å². The van der Waals surface area contributed by atoms with Crippen molar-refractivity contribution >= 4 is 23.0 Å². The summed E-state index contributed by atoms with van der Waals surface area (Å²) in [6.45, 7) is 3.26. The number of nitrogens with zero attached hydrogens (tertiary/aromatic N) is 2. The fourth-order valence-corrected chi connectivity index (χ4v) is 2.60. The van der Waals surface area contributed by atoms with E-state index in [2.05, 4.69) is 10.3 Å². The number of amides is 1.